The lowest BCUT2D eigenvalue weighted by Crippen LogP contribution is -2.41. The van der Waals surface area contributed by atoms with E-state index in [1.54, 1.807) is 0 Å². The molecule has 0 unspecified atom stereocenters. The summed E-state index contributed by atoms with van der Waals surface area (Å²) in [6, 6.07) is 0. The van der Waals surface area contributed by atoms with Crippen LogP contribution in [0.5, 0.6) is 0 Å². The molecule has 0 radical (unpaired) electrons. The van der Waals surface area contributed by atoms with Crippen LogP contribution in [0.25, 0.3) is 0 Å². The Hall–Kier alpha value is -0.570. The number of nitrogens with zero attached hydrogens (tertiary/aromatic N) is 1. The molecular weight excluding hydrogens is 272 g/mol. The van der Waals surface area contributed by atoms with Crippen LogP contribution in [-0.2, 0) is 4.79 Å². The van der Waals surface area contributed by atoms with Gasteiger partial charge < -0.3 is 9.80 Å². The van der Waals surface area contributed by atoms with E-state index in [1.807, 2.05) is 41.5 Å². The van der Waals surface area contributed by atoms with Gasteiger partial charge in [-0.15, -0.1) is 0 Å². The van der Waals surface area contributed by atoms with Crippen molar-refractivity contribution in [3.8, 4) is 0 Å². The van der Waals surface area contributed by atoms with Crippen molar-refractivity contribution in [2.45, 2.75) is 75.2 Å². The molecular formula is C19H45N2O+. The molecule has 0 aliphatic heterocycles. The van der Waals surface area contributed by atoms with Crippen molar-refractivity contribution in [1.82, 2.24) is 5.32 Å². The van der Waals surface area contributed by atoms with Crippen molar-refractivity contribution in [3.05, 3.63) is 0 Å². The Bertz CT molecular complexity index is 270. The molecule has 3 heteroatoms. The van der Waals surface area contributed by atoms with Gasteiger partial charge in [0.25, 0.3) is 0 Å². The standard InChI is InChI=1S/C15H32N2O.2C2H6/c1-14(2,3)12-15(4,5)13(18)16-10-9-11-17(6,7)8;2*1-2/h9-12H2,1-8H3;2*1-2H3/p+1. The highest BCUT2D eigenvalue weighted by atomic mass is 16.2. The van der Waals surface area contributed by atoms with Crippen molar-refractivity contribution in [1.29, 1.82) is 0 Å². The second kappa shape index (κ2) is 11.9. The highest BCUT2D eigenvalue weighted by Crippen LogP contribution is 2.33. The highest BCUT2D eigenvalue weighted by molar-refractivity contribution is 5.81. The van der Waals surface area contributed by atoms with Gasteiger partial charge in [-0.3, -0.25) is 4.79 Å². The van der Waals surface area contributed by atoms with E-state index in [4.69, 9.17) is 0 Å². The Morgan fingerprint density at radius 3 is 1.64 bits per heavy atom. The first-order valence-corrected chi connectivity index (χ1v) is 8.92. The largest absolute Gasteiger partial charge is 0.355 e. The fraction of sp³-hybridized carbons (Fsp3) is 0.947. The van der Waals surface area contributed by atoms with E-state index in [0.717, 1.165) is 30.4 Å². The van der Waals surface area contributed by atoms with Crippen LogP contribution in [0.3, 0.4) is 0 Å². The van der Waals surface area contributed by atoms with Crippen LogP contribution in [0.4, 0.5) is 0 Å². The van der Waals surface area contributed by atoms with Gasteiger partial charge in [-0.25, -0.2) is 0 Å². The molecule has 0 aromatic rings. The summed E-state index contributed by atoms with van der Waals surface area (Å²) in [6.45, 7) is 20.5. The molecule has 0 saturated carbocycles. The molecule has 136 valence electrons. The SMILES string of the molecule is CC.CC.CC(C)(C)CC(C)(C)C(=O)NCCC[N+](C)(C)C. The van der Waals surface area contributed by atoms with Gasteiger partial charge in [-0.1, -0.05) is 62.3 Å². The normalized spacial score (nSPS) is 11.6. The summed E-state index contributed by atoms with van der Waals surface area (Å²) in [6.07, 6.45) is 1.93. The summed E-state index contributed by atoms with van der Waals surface area (Å²) in [5, 5.41) is 3.07. The highest BCUT2D eigenvalue weighted by Gasteiger charge is 2.32. The second-order valence-electron chi connectivity index (χ2n) is 8.24. The molecule has 0 fully saturated rings. The third kappa shape index (κ3) is 17.5. The zero-order chi connectivity index (χ0) is 18.6. The van der Waals surface area contributed by atoms with Gasteiger partial charge in [0.05, 0.1) is 27.7 Å². The van der Waals surface area contributed by atoms with Crippen molar-refractivity contribution in [2.24, 2.45) is 10.8 Å². The van der Waals surface area contributed by atoms with E-state index in [1.165, 1.54) is 0 Å². The molecule has 0 heterocycles. The van der Waals surface area contributed by atoms with E-state index in [2.05, 4.69) is 47.2 Å². The molecule has 22 heavy (non-hydrogen) atoms. The number of hydrogen-bond acceptors (Lipinski definition) is 1. The number of hydrogen-bond donors (Lipinski definition) is 1. The predicted octanol–water partition coefficient (Wildman–Crippen LogP) is 4.71. The molecule has 3 nitrogen and oxygen atoms in total. The molecule has 1 amide bonds. The first kappa shape index (κ1) is 26.3. The van der Waals surface area contributed by atoms with Crippen LogP contribution in [-0.4, -0.2) is 44.6 Å². The monoisotopic (exact) mass is 317 g/mol. The average molecular weight is 318 g/mol. The average Bonchev–Trinajstić information content (AvgIpc) is 2.35. The molecule has 0 saturated heterocycles. The summed E-state index contributed by atoms with van der Waals surface area (Å²) in [5.74, 6) is 0.179. The third-order valence-electron chi connectivity index (χ3n) is 2.88. The molecule has 0 aliphatic rings. The van der Waals surface area contributed by atoms with Crippen LogP contribution in [0.2, 0.25) is 0 Å². The number of carbonyl (C=O) groups excluding carboxylic acids is 1. The first-order chi connectivity index (χ1) is 9.83. The topological polar surface area (TPSA) is 29.1 Å². The van der Waals surface area contributed by atoms with Gasteiger partial charge >= 0.3 is 0 Å². The fourth-order valence-electron chi connectivity index (χ4n) is 2.40. The summed E-state index contributed by atoms with van der Waals surface area (Å²) < 4.78 is 0.946. The minimum absolute atomic E-state index is 0.179. The van der Waals surface area contributed by atoms with E-state index in [0.29, 0.717) is 0 Å². The van der Waals surface area contributed by atoms with Crippen molar-refractivity contribution in [2.75, 3.05) is 34.2 Å². The number of quaternary nitrogens is 1. The van der Waals surface area contributed by atoms with E-state index in [9.17, 15) is 4.79 Å². The summed E-state index contributed by atoms with van der Waals surface area (Å²) >= 11 is 0. The maximum atomic E-state index is 12.2. The second-order valence-corrected chi connectivity index (χ2v) is 8.24. The zero-order valence-corrected chi connectivity index (χ0v) is 17.7. The third-order valence-corrected chi connectivity index (χ3v) is 2.88. The number of rotatable bonds is 6. The number of amides is 1. The maximum absolute atomic E-state index is 12.2. The van der Waals surface area contributed by atoms with Crippen LogP contribution >= 0.6 is 0 Å². The van der Waals surface area contributed by atoms with Crippen molar-refractivity contribution in [3.63, 3.8) is 0 Å². The van der Waals surface area contributed by atoms with Crippen molar-refractivity contribution < 1.29 is 9.28 Å². The molecule has 1 N–H and O–H groups in total. The van der Waals surface area contributed by atoms with Gasteiger partial charge in [-0.2, -0.15) is 0 Å². The lowest BCUT2D eigenvalue weighted by Gasteiger charge is -2.31. The number of carbonyl (C=O) groups is 1. The first-order valence-electron chi connectivity index (χ1n) is 8.92. The molecule has 0 spiro atoms. The Morgan fingerprint density at radius 1 is 0.909 bits per heavy atom. The van der Waals surface area contributed by atoms with E-state index < -0.39 is 0 Å². The van der Waals surface area contributed by atoms with Gasteiger partial charge in [0.2, 0.25) is 5.91 Å². The molecule has 0 aromatic heterocycles. The van der Waals surface area contributed by atoms with Crippen LogP contribution in [0, 0.1) is 10.8 Å². The van der Waals surface area contributed by atoms with Gasteiger partial charge in [0.1, 0.15) is 0 Å². The van der Waals surface area contributed by atoms with Gasteiger partial charge in [0, 0.05) is 18.4 Å². The lowest BCUT2D eigenvalue weighted by molar-refractivity contribution is -0.870. The van der Waals surface area contributed by atoms with E-state index in [-0.39, 0.29) is 16.7 Å². The van der Waals surface area contributed by atoms with Crippen LogP contribution in [0.15, 0.2) is 0 Å². The summed E-state index contributed by atoms with van der Waals surface area (Å²) in [5.41, 5.74) is -0.0992. The fourth-order valence-corrected chi connectivity index (χ4v) is 2.40. The molecule has 0 bridgehead atoms. The molecule has 0 aromatic carbocycles. The summed E-state index contributed by atoms with van der Waals surface area (Å²) in [4.78, 5) is 12.2. The lowest BCUT2D eigenvalue weighted by atomic mass is 9.76. The Morgan fingerprint density at radius 2 is 1.32 bits per heavy atom. The molecule has 0 aliphatic carbocycles. The minimum atomic E-state index is -0.283. The summed E-state index contributed by atoms with van der Waals surface area (Å²) in [7, 11) is 6.52. The molecule has 0 atom stereocenters. The predicted molar refractivity (Wildman–Crippen MR) is 101 cm³/mol. The van der Waals surface area contributed by atoms with Crippen molar-refractivity contribution >= 4 is 5.91 Å². The zero-order valence-electron chi connectivity index (χ0n) is 17.7. The Labute approximate surface area is 141 Å². The van der Waals surface area contributed by atoms with Gasteiger partial charge in [0.15, 0.2) is 0 Å². The van der Waals surface area contributed by atoms with E-state index >= 15 is 0 Å². The van der Waals surface area contributed by atoms with Crippen LogP contribution in [0.1, 0.15) is 75.2 Å². The van der Waals surface area contributed by atoms with Gasteiger partial charge in [-0.05, 0) is 11.8 Å². The minimum Gasteiger partial charge on any atom is -0.355 e. The Balaban J connectivity index is -0.000000826. The van der Waals surface area contributed by atoms with Crippen LogP contribution < -0.4 is 5.32 Å². The Kier molecular flexibility index (Phi) is 14.3. The smallest absolute Gasteiger partial charge is 0.225 e. The number of nitrogens with one attached hydrogen (secondary N) is 1. The molecule has 0 rings (SSSR count). The quantitative estimate of drug-likeness (QED) is 0.557. The maximum Gasteiger partial charge on any atom is 0.225 e.